The molecular weight excluding hydrogens is 258 g/mol. The maximum Gasteiger partial charge on any atom is 0.274 e. The Hall–Kier alpha value is -1.36. The molecule has 1 saturated heterocycles. The Kier molecular flexibility index (Phi) is 3.09. The molecule has 1 fully saturated rings. The summed E-state index contributed by atoms with van der Waals surface area (Å²) in [5.41, 5.74) is 0.576. The molecule has 2 unspecified atom stereocenters. The van der Waals surface area contributed by atoms with Gasteiger partial charge in [-0.25, -0.2) is 4.98 Å². The van der Waals surface area contributed by atoms with Crippen molar-refractivity contribution in [2.45, 2.75) is 52.1 Å². The third-order valence-corrected chi connectivity index (χ3v) is 4.83. The summed E-state index contributed by atoms with van der Waals surface area (Å²) in [5, 5.41) is 0. The molecule has 19 heavy (non-hydrogen) atoms. The number of amides is 1. The minimum atomic E-state index is 0.0771. The summed E-state index contributed by atoms with van der Waals surface area (Å²) in [4.78, 5) is 21.2. The molecule has 1 aliphatic rings. The largest absolute Gasteiger partial charge is 0.332 e. The van der Waals surface area contributed by atoms with Gasteiger partial charge in [0.1, 0.15) is 5.69 Å². The van der Waals surface area contributed by atoms with Crippen LogP contribution in [0.4, 0.5) is 0 Å². The smallest absolute Gasteiger partial charge is 0.274 e. The lowest BCUT2D eigenvalue weighted by Gasteiger charge is -2.38. The Balaban J connectivity index is 1.91. The quantitative estimate of drug-likeness (QED) is 0.803. The molecule has 0 radical (unpaired) electrons. The molecule has 102 valence electrons. The number of rotatable bonds is 1. The van der Waals surface area contributed by atoms with Gasteiger partial charge in [-0.2, -0.15) is 0 Å². The maximum absolute atomic E-state index is 12.6. The minimum Gasteiger partial charge on any atom is -0.332 e. The number of aromatic nitrogens is 2. The molecule has 2 aromatic rings. The summed E-state index contributed by atoms with van der Waals surface area (Å²) in [6, 6.07) is 0.635. The molecule has 0 saturated carbocycles. The van der Waals surface area contributed by atoms with Crippen LogP contribution in [0.15, 0.2) is 12.4 Å². The molecule has 5 heteroatoms. The lowest BCUT2D eigenvalue weighted by atomic mass is 9.97. The SMILES string of the molecule is Cc1cn2cc(C(=O)N3C(C)CCCC3C)nc2s1. The third kappa shape index (κ3) is 2.16. The summed E-state index contributed by atoms with van der Waals surface area (Å²) in [6.45, 7) is 6.32. The molecule has 3 heterocycles. The molecule has 0 N–H and O–H groups in total. The number of thiazole rings is 1. The summed E-state index contributed by atoms with van der Waals surface area (Å²) < 4.78 is 1.95. The van der Waals surface area contributed by atoms with E-state index in [9.17, 15) is 4.79 Å². The van der Waals surface area contributed by atoms with E-state index in [2.05, 4.69) is 25.8 Å². The highest BCUT2D eigenvalue weighted by Gasteiger charge is 2.30. The number of carbonyl (C=O) groups is 1. The molecule has 1 aliphatic heterocycles. The zero-order valence-electron chi connectivity index (χ0n) is 11.6. The molecule has 3 rings (SSSR count). The lowest BCUT2D eigenvalue weighted by Crippen LogP contribution is -2.47. The van der Waals surface area contributed by atoms with Crippen molar-refractivity contribution in [2.75, 3.05) is 0 Å². The molecule has 1 amide bonds. The molecule has 0 aromatic carbocycles. The highest BCUT2D eigenvalue weighted by molar-refractivity contribution is 7.17. The van der Waals surface area contributed by atoms with E-state index in [4.69, 9.17) is 0 Å². The summed E-state index contributed by atoms with van der Waals surface area (Å²) in [5.74, 6) is 0.0771. The second-order valence-electron chi connectivity index (χ2n) is 5.50. The van der Waals surface area contributed by atoms with Crippen LogP contribution in [0.1, 0.15) is 48.5 Å². The molecule has 0 spiro atoms. The van der Waals surface area contributed by atoms with Gasteiger partial charge in [0, 0.05) is 29.4 Å². The van der Waals surface area contributed by atoms with Gasteiger partial charge in [0.25, 0.3) is 5.91 Å². The van der Waals surface area contributed by atoms with E-state index in [1.54, 1.807) is 11.3 Å². The van der Waals surface area contributed by atoms with Crippen LogP contribution in [0.3, 0.4) is 0 Å². The fourth-order valence-electron chi connectivity index (χ4n) is 2.97. The number of aryl methyl sites for hydroxylation is 1. The van der Waals surface area contributed by atoms with Gasteiger partial charge in [-0.1, -0.05) is 0 Å². The standard InChI is InChI=1S/C14H19N3OS/c1-9-5-4-6-10(2)17(9)13(18)12-8-16-7-11(3)19-14(16)15-12/h7-10H,4-6H2,1-3H3. The van der Waals surface area contributed by atoms with Crippen molar-refractivity contribution in [1.29, 1.82) is 0 Å². The third-order valence-electron chi connectivity index (χ3n) is 3.92. The zero-order valence-corrected chi connectivity index (χ0v) is 12.4. The number of fused-ring (bicyclic) bond motifs is 1. The Bertz CT molecular complexity index is 574. The zero-order chi connectivity index (χ0) is 13.6. The van der Waals surface area contributed by atoms with Crippen LogP contribution in [-0.2, 0) is 0 Å². The second kappa shape index (κ2) is 4.63. The Morgan fingerprint density at radius 2 is 2.00 bits per heavy atom. The molecule has 0 aliphatic carbocycles. The Morgan fingerprint density at radius 1 is 1.32 bits per heavy atom. The first-order valence-corrected chi connectivity index (χ1v) is 7.65. The van der Waals surface area contributed by atoms with Gasteiger partial charge in [0.2, 0.25) is 0 Å². The van der Waals surface area contributed by atoms with E-state index in [-0.39, 0.29) is 5.91 Å². The summed E-state index contributed by atoms with van der Waals surface area (Å²) in [6.07, 6.45) is 7.28. The number of piperidine rings is 1. The number of carbonyl (C=O) groups excluding carboxylic acids is 1. The number of likely N-dealkylation sites (tertiary alicyclic amines) is 1. The first-order valence-electron chi connectivity index (χ1n) is 6.84. The van der Waals surface area contributed by atoms with Crippen molar-refractivity contribution in [2.24, 2.45) is 0 Å². The van der Waals surface area contributed by atoms with Crippen molar-refractivity contribution in [3.05, 3.63) is 23.0 Å². The van der Waals surface area contributed by atoms with Crippen LogP contribution >= 0.6 is 11.3 Å². The predicted molar refractivity (Wildman–Crippen MR) is 76.8 cm³/mol. The van der Waals surface area contributed by atoms with Crippen molar-refractivity contribution >= 4 is 22.2 Å². The van der Waals surface area contributed by atoms with Gasteiger partial charge in [-0.15, -0.1) is 11.3 Å². The van der Waals surface area contributed by atoms with Crippen molar-refractivity contribution in [1.82, 2.24) is 14.3 Å². The van der Waals surface area contributed by atoms with Gasteiger partial charge in [0.05, 0.1) is 0 Å². The average Bonchev–Trinajstić information content (AvgIpc) is 2.85. The Morgan fingerprint density at radius 3 is 2.63 bits per heavy atom. The van der Waals surface area contributed by atoms with Crippen LogP contribution in [0.5, 0.6) is 0 Å². The highest BCUT2D eigenvalue weighted by atomic mass is 32.1. The lowest BCUT2D eigenvalue weighted by molar-refractivity contribution is 0.0505. The Labute approximate surface area is 117 Å². The van der Waals surface area contributed by atoms with Crippen LogP contribution in [0.2, 0.25) is 0 Å². The normalized spacial score (nSPS) is 24.1. The average molecular weight is 277 g/mol. The van der Waals surface area contributed by atoms with Crippen molar-refractivity contribution in [3.63, 3.8) is 0 Å². The minimum absolute atomic E-state index is 0.0771. The van der Waals surface area contributed by atoms with E-state index in [1.807, 2.05) is 21.7 Å². The van der Waals surface area contributed by atoms with E-state index >= 15 is 0 Å². The topological polar surface area (TPSA) is 37.6 Å². The maximum atomic E-state index is 12.6. The number of nitrogens with zero attached hydrogens (tertiary/aromatic N) is 3. The van der Waals surface area contributed by atoms with Gasteiger partial charge in [0.15, 0.2) is 4.96 Å². The number of hydrogen-bond donors (Lipinski definition) is 0. The summed E-state index contributed by atoms with van der Waals surface area (Å²) >= 11 is 1.62. The van der Waals surface area contributed by atoms with Gasteiger partial charge < -0.3 is 4.90 Å². The first-order chi connectivity index (χ1) is 9.06. The van der Waals surface area contributed by atoms with Crippen molar-refractivity contribution < 1.29 is 4.79 Å². The predicted octanol–water partition coefficient (Wildman–Crippen LogP) is 3.11. The molecule has 4 nitrogen and oxygen atoms in total. The van der Waals surface area contributed by atoms with E-state index < -0.39 is 0 Å². The second-order valence-corrected chi connectivity index (χ2v) is 6.71. The van der Waals surface area contributed by atoms with Gasteiger partial charge >= 0.3 is 0 Å². The monoisotopic (exact) mass is 277 g/mol. The number of imidazole rings is 1. The molecular formula is C14H19N3OS. The van der Waals surface area contributed by atoms with E-state index in [0.29, 0.717) is 17.8 Å². The number of hydrogen-bond acceptors (Lipinski definition) is 3. The van der Waals surface area contributed by atoms with Crippen molar-refractivity contribution in [3.8, 4) is 0 Å². The first kappa shape index (κ1) is 12.7. The molecule has 2 aromatic heterocycles. The van der Waals surface area contributed by atoms with E-state index in [1.165, 1.54) is 11.3 Å². The highest BCUT2D eigenvalue weighted by Crippen LogP contribution is 2.25. The van der Waals surface area contributed by atoms with E-state index in [0.717, 1.165) is 17.8 Å². The summed E-state index contributed by atoms with van der Waals surface area (Å²) in [7, 11) is 0. The van der Waals surface area contributed by atoms with Gasteiger partial charge in [-0.3, -0.25) is 9.20 Å². The fraction of sp³-hybridized carbons (Fsp3) is 0.571. The van der Waals surface area contributed by atoms with Crippen LogP contribution in [0, 0.1) is 6.92 Å². The van der Waals surface area contributed by atoms with Crippen LogP contribution in [0.25, 0.3) is 4.96 Å². The molecule has 0 bridgehead atoms. The van der Waals surface area contributed by atoms with Crippen LogP contribution in [-0.4, -0.2) is 32.3 Å². The molecule has 2 atom stereocenters. The fourth-order valence-corrected chi connectivity index (χ4v) is 3.78. The van der Waals surface area contributed by atoms with Gasteiger partial charge in [-0.05, 0) is 40.0 Å². The van der Waals surface area contributed by atoms with Crippen LogP contribution < -0.4 is 0 Å².